The molecule has 0 amide bonds. The van der Waals surface area contributed by atoms with E-state index in [0.29, 0.717) is 22.7 Å². The molecule has 1 fully saturated rings. The second-order valence-corrected chi connectivity index (χ2v) is 6.47. The maximum Gasteiger partial charge on any atom is 0.280 e. The van der Waals surface area contributed by atoms with Crippen LogP contribution < -0.4 is 5.56 Å². The van der Waals surface area contributed by atoms with Crippen molar-refractivity contribution in [3.8, 4) is 5.69 Å². The Labute approximate surface area is 150 Å². The first-order chi connectivity index (χ1) is 12.4. The zero-order valence-electron chi connectivity index (χ0n) is 15.1. The molecule has 1 N–H and O–H groups in total. The number of aromatic amines is 1. The number of hydrogen-bond donors (Lipinski definition) is 1. The van der Waals surface area contributed by atoms with Crippen molar-refractivity contribution in [2.75, 3.05) is 33.2 Å². The van der Waals surface area contributed by atoms with Gasteiger partial charge in [-0.15, -0.1) is 0 Å². The van der Waals surface area contributed by atoms with E-state index < -0.39 is 4.92 Å². The van der Waals surface area contributed by atoms with Crippen molar-refractivity contribution in [1.29, 1.82) is 0 Å². The summed E-state index contributed by atoms with van der Waals surface area (Å²) in [7, 11) is 2.08. The highest BCUT2D eigenvalue weighted by Gasteiger charge is 2.18. The van der Waals surface area contributed by atoms with Gasteiger partial charge >= 0.3 is 0 Å². The lowest BCUT2D eigenvalue weighted by atomic mass is 10.2. The summed E-state index contributed by atoms with van der Waals surface area (Å²) in [6.07, 6.45) is 0. The number of nitro groups is 1. The number of nitrogens with one attached hydrogen (secondary N) is 1. The third-order valence-corrected chi connectivity index (χ3v) is 4.52. The van der Waals surface area contributed by atoms with Gasteiger partial charge in [-0.25, -0.2) is 4.68 Å². The minimum atomic E-state index is -0.467. The molecule has 3 rings (SSSR count). The minimum Gasteiger partial charge on any atom is -0.303 e. The van der Waals surface area contributed by atoms with Crippen molar-refractivity contribution >= 4 is 11.4 Å². The van der Waals surface area contributed by atoms with E-state index in [1.54, 1.807) is 12.1 Å². The van der Waals surface area contributed by atoms with E-state index in [0.717, 1.165) is 26.2 Å². The van der Waals surface area contributed by atoms with Crippen LogP contribution in [0.15, 0.2) is 34.2 Å². The van der Waals surface area contributed by atoms with Gasteiger partial charge in [-0.2, -0.15) is 5.10 Å². The Balaban J connectivity index is 1.90. The monoisotopic (exact) mass is 358 g/mol. The summed E-state index contributed by atoms with van der Waals surface area (Å²) in [6, 6.07) is 5.85. The first-order valence-corrected chi connectivity index (χ1v) is 8.42. The molecule has 138 valence electrons. The normalized spacial score (nSPS) is 16.1. The van der Waals surface area contributed by atoms with Gasteiger partial charge in [0.25, 0.3) is 11.2 Å². The van der Waals surface area contributed by atoms with E-state index in [2.05, 4.69) is 22.1 Å². The Morgan fingerprint density at radius 2 is 1.81 bits per heavy atom. The van der Waals surface area contributed by atoms with Gasteiger partial charge in [0.2, 0.25) is 0 Å². The third kappa shape index (κ3) is 3.52. The highest BCUT2D eigenvalue weighted by atomic mass is 16.6. The van der Waals surface area contributed by atoms with E-state index in [1.165, 1.54) is 16.8 Å². The first kappa shape index (κ1) is 17.9. The second kappa shape index (κ2) is 7.12. The maximum atomic E-state index is 12.8. The predicted octanol–water partition coefficient (Wildman–Crippen LogP) is 1.35. The van der Waals surface area contributed by atoms with Gasteiger partial charge in [0, 0.05) is 44.0 Å². The number of hydrogen-bond acceptors (Lipinski definition) is 6. The van der Waals surface area contributed by atoms with Crippen LogP contribution in [0, 0.1) is 17.0 Å². The Morgan fingerprint density at radius 1 is 1.19 bits per heavy atom. The van der Waals surface area contributed by atoms with Gasteiger partial charge < -0.3 is 4.90 Å². The summed E-state index contributed by atoms with van der Waals surface area (Å²) in [6.45, 7) is 7.19. The number of rotatable bonds is 4. The fourth-order valence-corrected chi connectivity index (χ4v) is 3.04. The van der Waals surface area contributed by atoms with Crippen molar-refractivity contribution in [1.82, 2.24) is 19.7 Å². The summed E-state index contributed by atoms with van der Waals surface area (Å²) in [5.41, 5.74) is 2.21. The smallest absolute Gasteiger partial charge is 0.280 e. The van der Waals surface area contributed by atoms with Crippen LogP contribution >= 0.6 is 0 Å². The summed E-state index contributed by atoms with van der Waals surface area (Å²) in [5, 5.41) is 20.4. The van der Waals surface area contributed by atoms with Crippen molar-refractivity contribution in [2.24, 2.45) is 5.10 Å². The lowest BCUT2D eigenvalue weighted by Gasteiger charge is -2.30. The fourth-order valence-electron chi connectivity index (χ4n) is 3.04. The zero-order chi connectivity index (χ0) is 18.8. The number of hydrazone groups is 1. The molecule has 1 aromatic heterocycles. The molecular formula is C17H22N6O3. The van der Waals surface area contributed by atoms with Gasteiger partial charge in [0.05, 0.1) is 21.9 Å². The summed E-state index contributed by atoms with van der Waals surface area (Å²) >= 11 is 0. The number of benzene rings is 1. The average Bonchev–Trinajstić information content (AvgIpc) is 2.91. The number of piperazine rings is 1. The van der Waals surface area contributed by atoms with E-state index >= 15 is 0 Å². The van der Waals surface area contributed by atoms with Crippen molar-refractivity contribution < 1.29 is 4.92 Å². The van der Waals surface area contributed by atoms with Gasteiger partial charge in [0.15, 0.2) is 0 Å². The standard InChI is InChI=1S/C17H22N6O3/c1-12(18-21-10-8-20(3)9-11-21)16-13(2)19-22(17(16)24)14-4-6-15(7-5-14)23(25)26/h4-7,19H,8-11H2,1-3H3. The number of nitrogens with zero attached hydrogens (tertiary/aromatic N) is 5. The van der Waals surface area contributed by atoms with Gasteiger partial charge in [-0.3, -0.25) is 25.0 Å². The number of non-ortho nitro benzene ring substituents is 1. The number of nitro benzene ring substituents is 1. The van der Waals surface area contributed by atoms with Crippen molar-refractivity contribution in [3.05, 3.63) is 56.0 Å². The quantitative estimate of drug-likeness (QED) is 0.505. The molecule has 2 heterocycles. The van der Waals surface area contributed by atoms with Crippen molar-refractivity contribution in [2.45, 2.75) is 13.8 Å². The van der Waals surface area contributed by atoms with E-state index in [4.69, 9.17) is 0 Å². The number of aromatic nitrogens is 2. The van der Waals surface area contributed by atoms with Gasteiger partial charge in [-0.1, -0.05) is 0 Å². The Bertz CT molecular complexity index is 888. The summed E-state index contributed by atoms with van der Waals surface area (Å²) < 4.78 is 1.39. The van der Waals surface area contributed by atoms with Gasteiger partial charge in [-0.05, 0) is 33.0 Å². The highest BCUT2D eigenvalue weighted by Crippen LogP contribution is 2.15. The molecule has 0 spiro atoms. The molecule has 1 aromatic carbocycles. The summed E-state index contributed by atoms with van der Waals surface area (Å²) in [5.74, 6) is 0. The van der Waals surface area contributed by atoms with E-state index in [9.17, 15) is 14.9 Å². The zero-order valence-corrected chi connectivity index (χ0v) is 15.1. The molecule has 0 bridgehead atoms. The van der Waals surface area contributed by atoms with Crippen LogP contribution in [0.1, 0.15) is 18.2 Å². The van der Waals surface area contributed by atoms with Crippen LogP contribution in [0.25, 0.3) is 5.69 Å². The number of likely N-dealkylation sites (N-methyl/N-ethyl adjacent to an activating group) is 1. The van der Waals surface area contributed by atoms with Crippen LogP contribution in [-0.4, -0.2) is 63.6 Å². The molecule has 0 aliphatic carbocycles. The third-order valence-electron chi connectivity index (χ3n) is 4.52. The predicted molar refractivity (Wildman–Crippen MR) is 99.1 cm³/mol. The Morgan fingerprint density at radius 3 is 2.38 bits per heavy atom. The molecule has 2 aromatic rings. The molecule has 0 saturated carbocycles. The fraction of sp³-hybridized carbons (Fsp3) is 0.412. The minimum absolute atomic E-state index is 0.0156. The van der Waals surface area contributed by atoms with Crippen LogP contribution in [-0.2, 0) is 0 Å². The highest BCUT2D eigenvalue weighted by molar-refractivity contribution is 5.99. The second-order valence-electron chi connectivity index (χ2n) is 6.47. The molecule has 0 atom stereocenters. The van der Waals surface area contributed by atoms with E-state index in [-0.39, 0.29) is 11.2 Å². The molecule has 1 aliphatic heterocycles. The van der Waals surface area contributed by atoms with Crippen LogP contribution in [0.5, 0.6) is 0 Å². The lowest BCUT2D eigenvalue weighted by Crippen LogP contribution is -2.42. The van der Waals surface area contributed by atoms with E-state index in [1.807, 2.05) is 18.9 Å². The molecule has 0 unspecified atom stereocenters. The average molecular weight is 358 g/mol. The number of H-pyrrole nitrogens is 1. The maximum absolute atomic E-state index is 12.8. The Hall–Kier alpha value is -2.94. The lowest BCUT2D eigenvalue weighted by molar-refractivity contribution is -0.384. The molecular weight excluding hydrogens is 336 g/mol. The first-order valence-electron chi connectivity index (χ1n) is 8.42. The largest absolute Gasteiger partial charge is 0.303 e. The summed E-state index contributed by atoms with van der Waals surface area (Å²) in [4.78, 5) is 25.4. The molecule has 0 radical (unpaired) electrons. The SMILES string of the molecule is CC(=NN1CCN(C)CC1)c1c(C)[nH]n(-c2ccc([N+](=O)[O-])cc2)c1=O. The van der Waals surface area contributed by atoms with Crippen LogP contribution in [0.4, 0.5) is 5.69 Å². The molecule has 1 saturated heterocycles. The molecule has 9 nitrogen and oxygen atoms in total. The van der Waals surface area contributed by atoms with Crippen LogP contribution in [0.3, 0.4) is 0 Å². The topological polar surface area (TPSA) is 99.8 Å². The van der Waals surface area contributed by atoms with Crippen LogP contribution in [0.2, 0.25) is 0 Å². The molecule has 26 heavy (non-hydrogen) atoms. The van der Waals surface area contributed by atoms with Gasteiger partial charge in [0.1, 0.15) is 0 Å². The Kier molecular flexibility index (Phi) is 4.90. The molecule has 1 aliphatic rings. The molecule has 9 heteroatoms. The number of aryl methyl sites for hydroxylation is 1. The van der Waals surface area contributed by atoms with Crippen molar-refractivity contribution in [3.63, 3.8) is 0 Å².